The van der Waals surface area contributed by atoms with Gasteiger partial charge in [-0.05, 0) is 34.1 Å². The Labute approximate surface area is 80.1 Å². The molecule has 0 radical (unpaired) electrons. The highest BCUT2D eigenvalue weighted by Crippen LogP contribution is 2.24. The molecule has 78 valence electrons. The lowest BCUT2D eigenvalue weighted by Gasteiger charge is -2.28. The van der Waals surface area contributed by atoms with Gasteiger partial charge in [0.25, 0.3) is 0 Å². The minimum Gasteiger partial charge on any atom is -0.457 e. The number of carbonyl (C=O) groups excluding carboxylic acids is 1. The third-order valence-electron chi connectivity index (χ3n) is 2.19. The Morgan fingerprint density at radius 3 is 2.08 bits per heavy atom. The highest BCUT2D eigenvalue weighted by Gasteiger charge is 2.32. The minimum absolute atomic E-state index is 0.154. The first-order valence-corrected chi connectivity index (χ1v) is 4.59. The number of ether oxygens (including phenoxy) is 1. The van der Waals surface area contributed by atoms with Gasteiger partial charge in [-0.25, -0.2) is 0 Å². The van der Waals surface area contributed by atoms with E-state index < -0.39 is 11.0 Å². The normalized spacial score (nSPS) is 12.8. The van der Waals surface area contributed by atoms with E-state index in [1.807, 2.05) is 20.8 Å². The zero-order chi connectivity index (χ0) is 10.7. The molecule has 3 nitrogen and oxygen atoms in total. The highest BCUT2D eigenvalue weighted by molar-refractivity contribution is 5.76. The fraction of sp³-hybridized carbons (Fsp3) is 0.900. The van der Waals surface area contributed by atoms with Crippen LogP contribution < -0.4 is 0 Å². The molecule has 0 rings (SSSR count). The summed E-state index contributed by atoms with van der Waals surface area (Å²) >= 11 is 0. The fourth-order valence-electron chi connectivity index (χ4n) is 0.566. The highest BCUT2D eigenvalue weighted by atomic mass is 16.6. The molecule has 0 aliphatic carbocycles. The predicted octanol–water partition coefficient (Wildman–Crippen LogP) is 1.74. The van der Waals surface area contributed by atoms with Crippen molar-refractivity contribution in [2.45, 2.75) is 46.6 Å². The van der Waals surface area contributed by atoms with Gasteiger partial charge in [0, 0.05) is 0 Å². The van der Waals surface area contributed by atoms with Crippen molar-refractivity contribution in [1.29, 1.82) is 0 Å². The topological polar surface area (TPSA) is 46.5 Å². The van der Waals surface area contributed by atoms with Crippen LogP contribution in [-0.4, -0.2) is 23.3 Å². The summed E-state index contributed by atoms with van der Waals surface area (Å²) in [5.41, 5.74) is -1.24. The van der Waals surface area contributed by atoms with Crippen LogP contribution in [0.15, 0.2) is 0 Å². The van der Waals surface area contributed by atoms with Crippen LogP contribution in [0.5, 0.6) is 0 Å². The Hall–Kier alpha value is -0.570. The second-order valence-corrected chi connectivity index (χ2v) is 4.54. The van der Waals surface area contributed by atoms with Gasteiger partial charge in [-0.2, -0.15) is 0 Å². The van der Waals surface area contributed by atoms with Gasteiger partial charge in [0.05, 0.1) is 12.0 Å². The summed E-state index contributed by atoms with van der Waals surface area (Å²) in [6.07, 6.45) is 0.730. The smallest absolute Gasteiger partial charge is 0.312 e. The third-order valence-corrected chi connectivity index (χ3v) is 2.19. The van der Waals surface area contributed by atoms with Crippen molar-refractivity contribution in [2.24, 2.45) is 5.41 Å². The van der Waals surface area contributed by atoms with E-state index in [1.54, 1.807) is 13.8 Å². The van der Waals surface area contributed by atoms with Crippen LogP contribution in [0.1, 0.15) is 41.0 Å². The minimum atomic E-state index is -0.774. The molecule has 0 aromatic rings. The molecule has 0 aliphatic rings. The first-order valence-electron chi connectivity index (χ1n) is 4.59. The van der Waals surface area contributed by atoms with Gasteiger partial charge in [0.1, 0.15) is 5.60 Å². The van der Waals surface area contributed by atoms with Crippen molar-refractivity contribution in [3.8, 4) is 0 Å². The van der Waals surface area contributed by atoms with Gasteiger partial charge < -0.3 is 9.84 Å². The molecule has 0 aromatic heterocycles. The Balaban J connectivity index is 4.31. The van der Waals surface area contributed by atoms with Gasteiger partial charge in [0.2, 0.25) is 0 Å². The Kier molecular flexibility index (Phi) is 3.91. The van der Waals surface area contributed by atoms with Crippen LogP contribution in [0.25, 0.3) is 0 Å². The largest absolute Gasteiger partial charge is 0.457 e. The number of hydrogen-bond acceptors (Lipinski definition) is 3. The number of aliphatic hydroxyl groups is 1. The van der Waals surface area contributed by atoms with Crippen LogP contribution in [0.3, 0.4) is 0 Å². The maximum absolute atomic E-state index is 11.5. The van der Waals surface area contributed by atoms with E-state index in [4.69, 9.17) is 9.84 Å². The second kappa shape index (κ2) is 4.09. The molecule has 0 amide bonds. The molecule has 0 spiro atoms. The Bertz CT molecular complexity index is 183. The van der Waals surface area contributed by atoms with Crippen molar-refractivity contribution >= 4 is 5.97 Å². The molecule has 0 bridgehead atoms. The zero-order valence-electron chi connectivity index (χ0n) is 9.18. The molecule has 0 unspecified atom stereocenters. The molecule has 0 heterocycles. The van der Waals surface area contributed by atoms with Gasteiger partial charge >= 0.3 is 5.97 Å². The molecular formula is C10H20O3. The number of carbonyl (C=O) groups is 1. The fourth-order valence-corrected chi connectivity index (χ4v) is 0.566. The molecule has 0 atom stereocenters. The van der Waals surface area contributed by atoms with Crippen LogP contribution in [0, 0.1) is 5.41 Å². The molecular weight excluding hydrogens is 168 g/mol. The average molecular weight is 188 g/mol. The Morgan fingerprint density at radius 2 is 1.77 bits per heavy atom. The lowest BCUT2D eigenvalue weighted by atomic mass is 9.90. The molecule has 0 aliphatic heterocycles. The number of hydrogen-bond donors (Lipinski definition) is 1. The quantitative estimate of drug-likeness (QED) is 0.683. The molecule has 0 saturated carbocycles. The lowest BCUT2D eigenvalue weighted by molar-refractivity contribution is -0.170. The first-order chi connectivity index (χ1) is 5.75. The summed E-state index contributed by atoms with van der Waals surface area (Å²) in [5, 5.41) is 8.90. The van der Waals surface area contributed by atoms with Crippen LogP contribution in [-0.2, 0) is 9.53 Å². The molecule has 13 heavy (non-hydrogen) atoms. The lowest BCUT2D eigenvalue weighted by Crippen LogP contribution is -2.37. The third kappa shape index (κ3) is 3.77. The van der Waals surface area contributed by atoms with Gasteiger partial charge in [-0.1, -0.05) is 6.92 Å². The summed E-state index contributed by atoms with van der Waals surface area (Å²) in [6.45, 7) is 8.84. The number of aliphatic hydroxyl groups excluding tert-OH is 1. The summed E-state index contributed by atoms with van der Waals surface area (Å²) in [7, 11) is 0. The average Bonchev–Trinajstić information content (AvgIpc) is 2.04. The number of rotatable bonds is 4. The molecule has 1 N–H and O–H groups in total. The van der Waals surface area contributed by atoms with Crippen molar-refractivity contribution in [2.75, 3.05) is 6.61 Å². The van der Waals surface area contributed by atoms with Crippen molar-refractivity contribution in [3.63, 3.8) is 0 Å². The molecule has 3 heteroatoms. The monoisotopic (exact) mass is 188 g/mol. The van der Waals surface area contributed by atoms with E-state index in [0.29, 0.717) is 0 Å². The molecule has 0 saturated heterocycles. The summed E-state index contributed by atoms with van der Waals surface area (Å²) in [6, 6.07) is 0. The first kappa shape index (κ1) is 12.4. The standard InChI is InChI=1S/C10H20O3/c1-6-9(2,3)8(12)13-10(4,5)7-11/h11H,6-7H2,1-5H3. The summed E-state index contributed by atoms with van der Waals surface area (Å²) in [4.78, 5) is 11.5. The van der Waals surface area contributed by atoms with E-state index in [1.165, 1.54) is 0 Å². The van der Waals surface area contributed by atoms with E-state index in [2.05, 4.69) is 0 Å². The maximum atomic E-state index is 11.5. The SMILES string of the molecule is CCC(C)(C)C(=O)OC(C)(C)CO. The van der Waals surface area contributed by atoms with Gasteiger partial charge in [0.15, 0.2) is 0 Å². The summed E-state index contributed by atoms with van der Waals surface area (Å²) in [5.74, 6) is -0.256. The van der Waals surface area contributed by atoms with Crippen LogP contribution >= 0.6 is 0 Å². The number of esters is 1. The maximum Gasteiger partial charge on any atom is 0.312 e. The predicted molar refractivity (Wildman–Crippen MR) is 51.3 cm³/mol. The van der Waals surface area contributed by atoms with E-state index in [-0.39, 0.29) is 12.6 Å². The van der Waals surface area contributed by atoms with Gasteiger partial charge in [-0.3, -0.25) is 4.79 Å². The van der Waals surface area contributed by atoms with Crippen LogP contribution in [0.2, 0.25) is 0 Å². The van der Waals surface area contributed by atoms with E-state index in [9.17, 15) is 4.79 Å². The zero-order valence-corrected chi connectivity index (χ0v) is 9.18. The molecule has 0 fully saturated rings. The van der Waals surface area contributed by atoms with Crippen molar-refractivity contribution < 1.29 is 14.6 Å². The Morgan fingerprint density at radius 1 is 1.31 bits per heavy atom. The van der Waals surface area contributed by atoms with Crippen molar-refractivity contribution in [1.82, 2.24) is 0 Å². The van der Waals surface area contributed by atoms with Crippen molar-refractivity contribution in [3.05, 3.63) is 0 Å². The van der Waals surface area contributed by atoms with Crippen LogP contribution in [0.4, 0.5) is 0 Å². The summed E-state index contributed by atoms with van der Waals surface area (Å²) < 4.78 is 5.15. The van der Waals surface area contributed by atoms with E-state index >= 15 is 0 Å². The van der Waals surface area contributed by atoms with Gasteiger partial charge in [-0.15, -0.1) is 0 Å². The van der Waals surface area contributed by atoms with E-state index in [0.717, 1.165) is 6.42 Å². The second-order valence-electron chi connectivity index (χ2n) is 4.54. The molecule has 0 aromatic carbocycles.